The minimum absolute atomic E-state index is 0.0794. The summed E-state index contributed by atoms with van der Waals surface area (Å²) in [7, 11) is 1.65. The molecule has 0 fully saturated rings. The van der Waals surface area contributed by atoms with Crippen LogP contribution >= 0.6 is 11.8 Å². The average molecular weight is 303 g/mol. The van der Waals surface area contributed by atoms with E-state index in [0.29, 0.717) is 17.3 Å². The van der Waals surface area contributed by atoms with Gasteiger partial charge in [0, 0.05) is 23.3 Å². The van der Waals surface area contributed by atoms with Crippen molar-refractivity contribution in [1.29, 1.82) is 0 Å². The monoisotopic (exact) mass is 303 g/mol. The molecule has 0 aliphatic carbocycles. The van der Waals surface area contributed by atoms with Gasteiger partial charge in [0.05, 0.1) is 13.7 Å². The Morgan fingerprint density at radius 1 is 1.43 bits per heavy atom. The lowest BCUT2D eigenvalue weighted by atomic mass is 10.1. The predicted molar refractivity (Wildman–Crippen MR) is 82.3 cm³/mol. The van der Waals surface area contributed by atoms with Gasteiger partial charge in [0.2, 0.25) is 5.16 Å². The molecule has 2 aromatic rings. The number of methoxy groups -OCH3 is 1. The number of benzene rings is 1. The highest BCUT2D eigenvalue weighted by Crippen LogP contribution is 2.27. The van der Waals surface area contributed by atoms with Gasteiger partial charge >= 0.3 is 0 Å². The van der Waals surface area contributed by atoms with Crippen molar-refractivity contribution in [3.63, 3.8) is 0 Å². The molecular formula is C15H17N3O2S. The molecule has 1 heterocycles. The fourth-order valence-electron chi connectivity index (χ4n) is 1.72. The first-order valence-electron chi connectivity index (χ1n) is 6.51. The van der Waals surface area contributed by atoms with Gasteiger partial charge in [0.25, 0.3) is 0 Å². The molecule has 1 aromatic carbocycles. The Labute approximate surface area is 128 Å². The summed E-state index contributed by atoms with van der Waals surface area (Å²) in [4.78, 5) is 4.26. The van der Waals surface area contributed by atoms with Gasteiger partial charge in [0.1, 0.15) is 11.6 Å². The fourth-order valence-corrected chi connectivity index (χ4v) is 2.54. The van der Waals surface area contributed by atoms with Gasteiger partial charge in [-0.3, -0.25) is 5.10 Å². The van der Waals surface area contributed by atoms with Crippen molar-refractivity contribution in [2.75, 3.05) is 13.7 Å². The summed E-state index contributed by atoms with van der Waals surface area (Å²) in [6, 6.07) is 5.81. The number of nitrogens with zero attached hydrogens (tertiary/aromatic N) is 2. The maximum Gasteiger partial charge on any atom is 0.208 e. The standard InChI is InChI=1S/C15H17N3O2S/c1-11-16-15(18-17-11)21-10-13-9-12(5-3-4-8-19)6-7-14(13)20-2/h6-7,9,19H,4,8,10H2,1-2H3,(H,16,17,18). The summed E-state index contributed by atoms with van der Waals surface area (Å²) in [6.07, 6.45) is 0.479. The van der Waals surface area contributed by atoms with Crippen molar-refractivity contribution in [2.24, 2.45) is 0 Å². The van der Waals surface area contributed by atoms with E-state index in [-0.39, 0.29) is 6.61 Å². The van der Waals surface area contributed by atoms with Crippen LogP contribution in [0.5, 0.6) is 5.75 Å². The quantitative estimate of drug-likeness (QED) is 0.654. The van der Waals surface area contributed by atoms with Crippen molar-refractivity contribution in [1.82, 2.24) is 15.2 Å². The van der Waals surface area contributed by atoms with Crippen LogP contribution in [0.25, 0.3) is 0 Å². The molecule has 0 saturated heterocycles. The maximum absolute atomic E-state index is 8.75. The van der Waals surface area contributed by atoms with E-state index >= 15 is 0 Å². The van der Waals surface area contributed by atoms with E-state index in [1.165, 1.54) is 11.8 Å². The summed E-state index contributed by atoms with van der Waals surface area (Å²) in [6.45, 7) is 1.95. The molecule has 0 unspecified atom stereocenters. The second kappa shape index (κ2) is 7.72. The third-order valence-electron chi connectivity index (χ3n) is 2.68. The summed E-state index contributed by atoms with van der Waals surface area (Å²) in [5.41, 5.74) is 1.95. The number of aromatic amines is 1. The Bertz CT molecular complexity index is 658. The summed E-state index contributed by atoms with van der Waals surface area (Å²) < 4.78 is 5.37. The SMILES string of the molecule is COc1ccc(C#CCCO)cc1CSc1n[nH]c(C)n1. The number of aliphatic hydroxyl groups is 1. The molecular weight excluding hydrogens is 286 g/mol. The first-order valence-corrected chi connectivity index (χ1v) is 7.50. The molecule has 0 atom stereocenters. The Morgan fingerprint density at radius 3 is 2.95 bits per heavy atom. The summed E-state index contributed by atoms with van der Waals surface area (Å²) in [5.74, 6) is 8.27. The van der Waals surface area contributed by atoms with Crippen LogP contribution in [-0.4, -0.2) is 34.0 Å². The number of aryl methyl sites for hydroxylation is 1. The van der Waals surface area contributed by atoms with E-state index in [1.807, 2.05) is 25.1 Å². The van der Waals surface area contributed by atoms with Gasteiger partial charge in [-0.2, -0.15) is 0 Å². The molecule has 0 bridgehead atoms. The van der Waals surface area contributed by atoms with Crippen molar-refractivity contribution in [3.05, 3.63) is 35.2 Å². The van der Waals surface area contributed by atoms with Crippen LogP contribution in [0, 0.1) is 18.8 Å². The van der Waals surface area contributed by atoms with E-state index < -0.39 is 0 Å². The predicted octanol–water partition coefficient (Wildman–Crippen LogP) is 2.15. The second-order valence-electron chi connectivity index (χ2n) is 4.29. The van der Waals surface area contributed by atoms with Gasteiger partial charge in [-0.1, -0.05) is 23.6 Å². The number of aromatic nitrogens is 3. The van der Waals surface area contributed by atoms with Crippen molar-refractivity contribution < 1.29 is 9.84 Å². The van der Waals surface area contributed by atoms with Gasteiger partial charge in [-0.05, 0) is 25.1 Å². The molecule has 21 heavy (non-hydrogen) atoms. The zero-order valence-electron chi connectivity index (χ0n) is 12.0. The highest BCUT2D eigenvalue weighted by Gasteiger charge is 2.07. The van der Waals surface area contributed by atoms with E-state index in [1.54, 1.807) is 7.11 Å². The minimum Gasteiger partial charge on any atom is -0.496 e. The van der Waals surface area contributed by atoms with Gasteiger partial charge in [-0.15, -0.1) is 5.10 Å². The van der Waals surface area contributed by atoms with E-state index in [0.717, 1.165) is 22.7 Å². The van der Waals surface area contributed by atoms with Crippen molar-refractivity contribution in [3.8, 4) is 17.6 Å². The van der Waals surface area contributed by atoms with Crippen LogP contribution in [0.4, 0.5) is 0 Å². The average Bonchev–Trinajstić information content (AvgIpc) is 2.91. The highest BCUT2D eigenvalue weighted by atomic mass is 32.2. The van der Waals surface area contributed by atoms with E-state index in [2.05, 4.69) is 27.0 Å². The normalized spacial score (nSPS) is 10.0. The van der Waals surface area contributed by atoms with Gasteiger partial charge in [0.15, 0.2) is 0 Å². The first kappa shape index (κ1) is 15.4. The number of rotatable bonds is 5. The van der Waals surface area contributed by atoms with E-state index in [4.69, 9.17) is 9.84 Å². The molecule has 0 aliphatic rings. The minimum atomic E-state index is 0.0794. The lowest BCUT2D eigenvalue weighted by Crippen LogP contribution is -1.92. The number of H-pyrrole nitrogens is 1. The molecule has 0 spiro atoms. The van der Waals surface area contributed by atoms with Crippen LogP contribution in [0.3, 0.4) is 0 Å². The second-order valence-corrected chi connectivity index (χ2v) is 5.24. The van der Waals surface area contributed by atoms with Crippen LogP contribution in [0.15, 0.2) is 23.4 Å². The number of aliphatic hydroxyl groups excluding tert-OH is 1. The topological polar surface area (TPSA) is 71.0 Å². The molecule has 110 valence electrons. The number of ether oxygens (including phenoxy) is 1. The number of hydrogen-bond donors (Lipinski definition) is 2. The molecule has 1 aromatic heterocycles. The summed E-state index contributed by atoms with van der Waals surface area (Å²) >= 11 is 1.54. The Kier molecular flexibility index (Phi) is 5.67. The number of nitrogens with one attached hydrogen (secondary N) is 1. The maximum atomic E-state index is 8.75. The smallest absolute Gasteiger partial charge is 0.208 e. The molecule has 5 nitrogen and oxygen atoms in total. The van der Waals surface area contributed by atoms with Crippen LogP contribution in [0.2, 0.25) is 0 Å². The molecule has 0 radical (unpaired) electrons. The Balaban J connectivity index is 2.12. The third-order valence-corrected chi connectivity index (χ3v) is 3.58. The third kappa shape index (κ3) is 4.52. The zero-order valence-corrected chi connectivity index (χ0v) is 12.8. The number of hydrogen-bond acceptors (Lipinski definition) is 5. The van der Waals surface area contributed by atoms with Crippen LogP contribution in [0.1, 0.15) is 23.4 Å². The van der Waals surface area contributed by atoms with E-state index in [9.17, 15) is 0 Å². The fraction of sp³-hybridized carbons (Fsp3) is 0.333. The highest BCUT2D eigenvalue weighted by molar-refractivity contribution is 7.98. The Morgan fingerprint density at radius 2 is 2.29 bits per heavy atom. The van der Waals surface area contributed by atoms with Gasteiger partial charge in [-0.25, -0.2) is 4.98 Å². The van der Waals surface area contributed by atoms with Crippen LogP contribution in [-0.2, 0) is 5.75 Å². The molecule has 0 aliphatic heterocycles. The van der Waals surface area contributed by atoms with Crippen molar-refractivity contribution >= 4 is 11.8 Å². The first-order chi connectivity index (χ1) is 10.2. The molecule has 6 heteroatoms. The molecule has 0 amide bonds. The Hall–Kier alpha value is -1.97. The lowest BCUT2D eigenvalue weighted by Gasteiger charge is -2.07. The number of thioether (sulfide) groups is 1. The van der Waals surface area contributed by atoms with Crippen LogP contribution < -0.4 is 4.74 Å². The van der Waals surface area contributed by atoms with Gasteiger partial charge < -0.3 is 9.84 Å². The molecule has 2 rings (SSSR count). The summed E-state index contributed by atoms with van der Waals surface area (Å²) in [5, 5.41) is 16.4. The zero-order chi connectivity index (χ0) is 15.1. The van der Waals surface area contributed by atoms with Crippen molar-refractivity contribution in [2.45, 2.75) is 24.3 Å². The molecule has 0 saturated carbocycles. The molecule has 2 N–H and O–H groups in total. The lowest BCUT2D eigenvalue weighted by molar-refractivity contribution is 0.305. The largest absolute Gasteiger partial charge is 0.496 e.